The maximum Gasteiger partial charge on any atom is 0.324 e. The predicted octanol–water partition coefficient (Wildman–Crippen LogP) is 2.26. The van der Waals surface area contributed by atoms with Crippen LogP contribution in [-0.4, -0.2) is 55.5 Å². The van der Waals surface area contributed by atoms with Crippen molar-refractivity contribution < 1.29 is 18.8 Å². The number of ether oxygens (including phenoxy) is 2. The first kappa shape index (κ1) is 18.7. The second kappa shape index (κ2) is 8.60. The third-order valence-corrected chi connectivity index (χ3v) is 5.43. The van der Waals surface area contributed by atoms with Crippen LogP contribution in [0.4, 0.5) is 6.01 Å². The molecule has 1 N–H and O–H groups in total. The van der Waals surface area contributed by atoms with E-state index in [4.69, 9.17) is 14.0 Å². The Hall–Kier alpha value is -2.61. The molecule has 0 saturated carbocycles. The van der Waals surface area contributed by atoms with Gasteiger partial charge in [-0.15, -0.1) is 0 Å². The Morgan fingerprint density at radius 3 is 2.71 bits per heavy atom. The lowest BCUT2D eigenvalue weighted by Gasteiger charge is -2.29. The van der Waals surface area contributed by atoms with Crippen LogP contribution in [0.15, 0.2) is 28.8 Å². The highest BCUT2D eigenvalue weighted by atomic mass is 16.5. The Morgan fingerprint density at radius 2 is 2.04 bits per heavy atom. The molecule has 3 heterocycles. The van der Waals surface area contributed by atoms with Gasteiger partial charge in [0.15, 0.2) is 0 Å². The minimum absolute atomic E-state index is 0.0293. The number of aromatic nitrogens is 2. The monoisotopic (exact) mass is 386 g/mol. The van der Waals surface area contributed by atoms with E-state index in [-0.39, 0.29) is 17.9 Å². The van der Waals surface area contributed by atoms with E-state index >= 15 is 0 Å². The quantitative estimate of drug-likeness (QED) is 0.814. The highest BCUT2D eigenvalue weighted by molar-refractivity contribution is 5.79. The van der Waals surface area contributed by atoms with Gasteiger partial charge in [-0.1, -0.05) is 5.16 Å². The summed E-state index contributed by atoms with van der Waals surface area (Å²) in [5.41, 5.74) is 0.874. The molecule has 8 nitrogen and oxygen atoms in total. The fraction of sp³-hybridized carbons (Fsp3) is 0.550. The van der Waals surface area contributed by atoms with E-state index in [0.717, 1.165) is 56.7 Å². The average molecular weight is 386 g/mol. The fourth-order valence-electron chi connectivity index (χ4n) is 3.70. The van der Waals surface area contributed by atoms with Crippen LogP contribution in [0.25, 0.3) is 11.4 Å². The van der Waals surface area contributed by atoms with Crippen molar-refractivity contribution in [2.75, 3.05) is 38.3 Å². The van der Waals surface area contributed by atoms with Crippen LogP contribution in [-0.2, 0) is 9.53 Å². The van der Waals surface area contributed by atoms with Crippen molar-refractivity contribution in [3.8, 4) is 17.1 Å². The number of piperidine rings is 1. The highest BCUT2D eigenvalue weighted by Gasteiger charge is 2.28. The summed E-state index contributed by atoms with van der Waals surface area (Å²) in [6, 6.07) is 8.04. The standard InChI is InChI=1S/C20H26N4O4/c1-26-16-6-4-14(5-7-16)18-22-20(28-23-18)24-10-8-15(9-11-24)19(25)21-13-17-3-2-12-27-17/h4-7,15,17H,2-3,8-13H2,1H3,(H,21,25). The van der Waals surface area contributed by atoms with E-state index in [0.29, 0.717) is 18.4 Å². The second-order valence-corrected chi connectivity index (χ2v) is 7.27. The van der Waals surface area contributed by atoms with Gasteiger partial charge in [0.05, 0.1) is 13.2 Å². The summed E-state index contributed by atoms with van der Waals surface area (Å²) in [7, 11) is 1.63. The molecule has 0 bridgehead atoms. The SMILES string of the molecule is COc1ccc(-c2noc(N3CCC(C(=O)NCC4CCCO4)CC3)n2)cc1. The van der Waals surface area contributed by atoms with Gasteiger partial charge in [-0.05, 0) is 49.9 Å². The lowest BCUT2D eigenvalue weighted by molar-refractivity contribution is -0.126. The average Bonchev–Trinajstić information content (AvgIpc) is 3.44. The number of anilines is 1. The topological polar surface area (TPSA) is 89.7 Å². The van der Waals surface area contributed by atoms with Gasteiger partial charge in [0.1, 0.15) is 5.75 Å². The van der Waals surface area contributed by atoms with Crippen molar-refractivity contribution >= 4 is 11.9 Å². The molecule has 150 valence electrons. The molecule has 0 aliphatic carbocycles. The molecular weight excluding hydrogens is 360 g/mol. The van der Waals surface area contributed by atoms with Gasteiger partial charge in [-0.3, -0.25) is 4.79 Å². The van der Waals surface area contributed by atoms with Gasteiger partial charge >= 0.3 is 6.01 Å². The van der Waals surface area contributed by atoms with E-state index in [1.54, 1.807) is 7.11 Å². The summed E-state index contributed by atoms with van der Waals surface area (Å²) in [5.74, 6) is 1.49. The summed E-state index contributed by atoms with van der Waals surface area (Å²) < 4.78 is 16.2. The molecule has 0 spiro atoms. The normalized spacial score (nSPS) is 20.3. The van der Waals surface area contributed by atoms with Crippen LogP contribution in [0.2, 0.25) is 0 Å². The molecule has 1 aromatic carbocycles. The number of benzene rings is 1. The van der Waals surface area contributed by atoms with Crippen LogP contribution in [0.3, 0.4) is 0 Å². The van der Waals surface area contributed by atoms with E-state index < -0.39 is 0 Å². The molecule has 2 fully saturated rings. The van der Waals surface area contributed by atoms with Gasteiger partial charge in [-0.2, -0.15) is 4.98 Å². The Balaban J connectivity index is 1.28. The maximum absolute atomic E-state index is 12.4. The Bertz CT molecular complexity index is 778. The largest absolute Gasteiger partial charge is 0.497 e. The number of nitrogens with zero attached hydrogens (tertiary/aromatic N) is 3. The van der Waals surface area contributed by atoms with Crippen molar-refractivity contribution in [3.05, 3.63) is 24.3 Å². The van der Waals surface area contributed by atoms with Gasteiger partial charge in [0, 0.05) is 37.7 Å². The van der Waals surface area contributed by atoms with Crippen LogP contribution in [0, 0.1) is 5.92 Å². The van der Waals surface area contributed by atoms with E-state index in [1.807, 2.05) is 29.2 Å². The van der Waals surface area contributed by atoms with Crippen molar-refractivity contribution in [1.82, 2.24) is 15.5 Å². The Morgan fingerprint density at radius 1 is 1.25 bits per heavy atom. The van der Waals surface area contributed by atoms with Gasteiger partial charge in [0.25, 0.3) is 0 Å². The summed E-state index contributed by atoms with van der Waals surface area (Å²) in [5, 5.41) is 7.12. The first-order chi connectivity index (χ1) is 13.7. The maximum atomic E-state index is 12.4. The van der Waals surface area contributed by atoms with Crippen LogP contribution >= 0.6 is 0 Å². The third kappa shape index (κ3) is 4.27. The predicted molar refractivity (Wildman–Crippen MR) is 103 cm³/mol. The molecule has 4 rings (SSSR count). The zero-order valence-electron chi connectivity index (χ0n) is 16.1. The smallest absolute Gasteiger partial charge is 0.324 e. The number of hydrogen-bond donors (Lipinski definition) is 1. The van der Waals surface area contributed by atoms with Gasteiger partial charge in [-0.25, -0.2) is 0 Å². The lowest BCUT2D eigenvalue weighted by atomic mass is 9.96. The van der Waals surface area contributed by atoms with Crippen molar-refractivity contribution in [1.29, 1.82) is 0 Å². The molecule has 1 atom stereocenters. The highest BCUT2D eigenvalue weighted by Crippen LogP contribution is 2.26. The fourth-order valence-corrected chi connectivity index (χ4v) is 3.70. The molecule has 2 saturated heterocycles. The first-order valence-corrected chi connectivity index (χ1v) is 9.85. The van der Waals surface area contributed by atoms with Crippen LogP contribution in [0.1, 0.15) is 25.7 Å². The van der Waals surface area contributed by atoms with E-state index in [9.17, 15) is 4.79 Å². The van der Waals surface area contributed by atoms with E-state index in [1.165, 1.54) is 0 Å². The first-order valence-electron chi connectivity index (χ1n) is 9.85. The number of hydrogen-bond acceptors (Lipinski definition) is 7. The molecule has 8 heteroatoms. The molecular formula is C20H26N4O4. The number of carbonyl (C=O) groups excluding carboxylic acids is 1. The number of methoxy groups -OCH3 is 1. The summed E-state index contributed by atoms with van der Waals surface area (Å²) in [6.07, 6.45) is 3.85. The van der Waals surface area contributed by atoms with Crippen LogP contribution < -0.4 is 15.0 Å². The summed E-state index contributed by atoms with van der Waals surface area (Å²) >= 11 is 0. The second-order valence-electron chi connectivity index (χ2n) is 7.27. The Kier molecular flexibility index (Phi) is 5.76. The minimum atomic E-state index is 0.0293. The number of rotatable bonds is 6. The molecule has 28 heavy (non-hydrogen) atoms. The molecule has 0 radical (unpaired) electrons. The summed E-state index contributed by atoms with van der Waals surface area (Å²) in [6.45, 7) is 2.88. The number of carbonyl (C=O) groups is 1. The van der Waals surface area contributed by atoms with Crippen molar-refractivity contribution in [3.63, 3.8) is 0 Å². The lowest BCUT2D eigenvalue weighted by Crippen LogP contribution is -2.42. The molecule has 1 amide bonds. The number of amides is 1. The van der Waals surface area contributed by atoms with E-state index in [2.05, 4.69) is 15.5 Å². The Labute approximate surface area is 164 Å². The molecule has 2 aromatic rings. The molecule has 2 aliphatic rings. The third-order valence-electron chi connectivity index (χ3n) is 5.43. The molecule has 2 aliphatic heterocycles. The zero-order chi connectivity index (χ0) is 19.3. The van der Waals surface area contributed by atoms with Crippen molar-refractivity contribution in [2.24, 2.45) is 5.92 Å². The minimum Gasteiger partial charge on any atom is -0.497 e. The molecule has 1 unspecified atom stereocenters. The molecule has 1 aromatic heterocycles. The van der Waals surface area contributed by atoms with Gasteiger partial charge in [0.2, 0.25) is 11.7 Å². The van der Waals surface area contributed by atoms with Gasteiger partial charge < -0.3 is 24.2 Å². The number of nitrogens with one attached hydrogen (secondary N) is 1. The van der Waals surface area contributed by atoms with Crippen LogP contribution in [0.5, 0.6) is 5.75 Å². The van der Waals surface area contributed by atoms with Crippen molar-refractivity contribution in [2.45, 2.75) is 31.8 Å². The zero-order valence-corrected chi connectivity index (χ0v) is 16.1. The summed E-state index contributed by atoms with van der Waals surface area (Å²) in [4.78, 5) is 18.9.